The molecule has 6 nitrogen and oxygen atoms in total. The van der Waals surface area contributed by atoms with Crippen molar-refractivity contribution < 1.29 is 29.5 Å². The number of aliphatic hydroxyl groups excluding tert-OH is 3. The van der Waals surface area contributed by atoms with Crippen LogP contribution in [-0.2, 0) is 14.2 Å². The molecule has 2 heterocycles. The molecule has 0 aromatic carbocycles. The van der Waals surface area contributed by atoms with Gasteiger partial charge in [-0.1, -0.05) is 37.3 Å². The van der Waals surface area contributed by atoms with Crippen molar-refractivity contribution in [1.29, 1.82) is 0 Å². The fraction of sp³-hybridized carbons (Fsp3) is 0.760. The molecular formula is C25H40O6. The van der Waals surface area contributed by atoms with Crippen molar-refractivity contribution in [2.75, 3.05) is 6.61 Å². The Morgan fingerprint density at radius 1 is 1.19 bits per heavy atom. The van der Waals surface area contributed by atoms with Crippen molar-refractivity contribution in [2.45, 2.75) is 95.8 Å². The highest BCUT2D eigenvalue weighted by Gasteiger charge is 2.58. The first-order chi connectivity index (χ1) is 14.3. The van der Waals surface area contributed by atoms with Crippen LogP contribution < -0.4 is 0 Å². The summed E-state index contributed by atoms with van der Waals surface area (Å²) in [5.41, 5.74) is 0.350. The lowest BCUT2D eigenvalue weighted by molar-refractivity contribution is -0.289. The summed E-state index contributed by atoms with van der Waals surface area (Å²) in [7, 11) is 0. The van der Waals surface area contributed by atoms with Crippen LogP contribution in [0.15, 0.2) is 37.0 Å². The minimum atomic E-state index is -1.31. The van der Waals surface area contributed by atoms with E-state index in [1.807, 2.05) is 26.0 Å². The average molecular weight is 437 g/mol. The molecule has 0 unspecified atom stereocenters. The molecule has 3 rings (SSSR count). The molecule has 0 radical (unpaired) electrons. The zero-order valence-corrected chi connectivity index (χ0v) is 19.6. The van der Waals surface area contributed by atoms with E-state index in [2.05, 4.69) is 40.0 Å². The highest BCUT2D eigenvalue weighted by atomic mass is 16.7. The minimum absolute atomic E-state index is 0.00356. The molecule has 3 fully saturated rings. The maximum Gasteiger partial charge on any atom is 0.187 e. The van der Waals surface area contributed by atoms with Crippen LogP contribution in [0.1, 0.15) is 53.9 Å². The monoisotopic (exact) mass is 436 g/mol. The van der Waals surface area contributed by atoms with Gasteiger partial charge in [-0.05, 0) is 64.2 Å². The highest BCUT2D eigenvalue weighted by Crippen LogP contribution is 2.55. The van der Waals surface area contributed by atoms with Crippen molar-refractivity contribution in [3.8, 4) is 0 Å². The van der Waals surface area contributed by atoms with Gasteiger partial charge in [0.25, 0.3) is 0 Å². The zero-order chi connectivity index (χ0) is 23.2. The van der Waals surface area contributed by atoms with Crippen LogP contribution in [0.3, 0.4) is 0 Å². The summed E-state index contributed by atoms with van der Waals surface area (Å²) in [6, 6.07) is 0. The highest BCUT2D eigenvalue weighted by molar-refractivity contribution is 5.20. The molecular weight excluding hydrogens is 396 g/mol. The van der Waals surface area contributed by atoms with Crippen molar-refractivity contribution in [2.24, 2.45) is 17.3 Å². The lowest BCUT2D eigenvalue weighted by atomic mass is 9.60. The summed E-state index contributed by atoms with van der Waals surface area (Å²) in [4.78, 5) is 0. The third kappa shape index (κ3) is 5.00. The second-order valence-corrected chi connectivity index (χ2v) is 10.6. The molecule has 0 bridgehead atoms. The summed E-state index contributed by atoms with van der Waals surface area (Å²) in [6.45, 7) is 18.5. The molecule has 9 atom stereocenters. The molecule has 176 valence electrons. The van der Waals surface area contributed by atoms with E-state index in [9.17, 15) is 15.3 Å². The predicted octanol–water partition coefficient (Wildman–Crippen LogP) is 3.12. The van der Waals surface area contributed by atoms with E-state index in [1.165, 1.54) is 5.57 Å². The zero-order valence-electron chi connectivity index (χ0n) is 19.6. The molecule has 0 spiro atoms. The van der Waals surface area contributed by atoms with Gasteiger partial charge in [-0.2, -0.15) is 0 Å². The topological polar surface area (TPSA) is 91.7 Å². The van der Waals surface area contributed by atoms with Crippen LogP contribution in [0.2, 0.25) is 0 Å². The molecule has 1 saturated carbocycles. The first-order valence-corrected chi connectivity index (χ1v) is 11.3. The van der Waals surface area contributed by atoms with Gasteiger partial charge in [0.05, 0.1) is 17.8 Å². The maximum absolute atomic E-state index is 10.1. The van der Waals surface area contributed by atoms with Crippen molar-refractivity contribution in [1.82, 2.24) is 0 Å². The summed E-state index contributed by atoms with van der Waals surface area (Å²) >= 11 is 0. The quantitative estimate of drug-likeness (QED) is 0.420. The van der Waals surface area contributed by atoms with Gasteiger partial charge in [0.15, 0.2) is 6.29 Å². The van der Waals surface area contributed by atoms with Gasteiger partial charge in [0, 0.05) is 0 Å². The number of hydrogen-bond donors (Lipinski definition) is 3. The van der Waals surface area contributed by atoms with Gasteiger partial charge >= 0.3 is 0 Å². The van der Waals surface area contributed by atoms with Gasteiger partial charge in [-0.3, -0.25) is 0 Å². The Labute approximate surface area is 186 Å². The Bertz CT molecular complexity index is 717. The van der Waals surface area contributed by atoms with Crippen LogP contribution in [0.4, 0.5) is 0 Å². The number of ether oxygens (including phenoxy) is 3. The first-order valence-electron chi connectivity index (χ1n) is 11.3. The molecule has 0 aromatic heterocycles. The van der Waals surface area contributed by atoms with E-state index in [4.69, 9.17) is 14.2 Å². The van der Waals surface area contributed by atoms with E-state index in [1.54, 1.807) is 0 Å². The Kier molecular flexibility index (Phi) is 6.93. The van der Waals surface area contributed by atoms with Crippen molar-refractivity contribution in [3.05, 3.63) is 37.0 Å². The Morgan fingerprint density at radius 3 is 2.48 bits per heavy atom. The van der Waals surface area contributed by atoms with Crippen LogP contribution in [-0.4, -0.2) is 63.8 Å². The predicted molar refractivity (Wildman–Crippen MR) is 119 cm³/mol. The Balaban J connectivity index is 1.60. The molecule has 2 saturated heterocycles. The number of hydrogen-bond acceptors (Lipinski definition) is 6. The number of rotatable bonds is 7. The first kappa shape index (κ1) is 24.6. The molecule has 6 heteroatoms. The summed E-state index contributed by atoms with van der Waals surface area (Å²) < 4.78 is 17.4. The third-order valence-corrected chi connectivity index (χ3v) is 7.65. The van der Waals surface area contributed by atoms with Crippen LogP contribution in [0.25, 0.3) is 0 Å². The van der Waals surface area contributed by atoms with E-state index < -0.39 is 30.2 Å². The van der Waals surface area contributed by atoms with E-state index in [0.717, 1.165) is 19.3 Å². The second-order valence-electron chi connectivity index (χ2n) is 10.6. The third-order valence-electron chi connectivity index (χ3n) is 7.65. The van der Waals surface area contributed by atoms with E-state index in [-0.39, 0.29) is 23.7 Å². The van der Waals surface area contributed by atoms with E-state index >= 15 is 0 Å². The van der Waals surface area contributed by atoms with E-state index in [0.29, 0.717) is 11.8 Å². The molecule has 3 aliphatic rings. The van der Waals surface area contributed by atoms with Gasteiger partial charge in [0.1, 0.15) is 24.4 Å². The molecule has 3 N–H and O–H groups in total. The number of epoxide rings is 1. The fourth-order valence-electron chi connectivity index (χ4n) is 5.20. The summed E-state index contributed by atoms with van der Waals surface area (Å²) in [5, 5.41) is 29.6. The minimum Gasteiger partial charge on any atom is -0.388 e. The largest absolute Gasteiger partial charge is 0.388 e. The summed E-state index contributed by atoms with van der Waals surface area (Å²) in [6.07, 6.45) is 4.54. The Morgan fingerprint density at radius 2 is 1.87 bits per heavy atom. The molecule has 0 amide bonds. The summed E-state index contributed by atoms with van der Waals surface area (Å²) in [5.74, 6) is 0.849. The number of allylic oxidation sites excluding steroid dienone is 2. The van der Waals surface area contributed by atoms with Crippen LogP contribution in [0.5, 0.6) is 0 Å². The maximum atomic E-state index is 10.1. The lowest BCUT2D eigenvalue weighted by Gasteiger charge is -2.44. The van der Waals surface area contributed by atoms with Gasteiger partial charge in [-0.25, -0.2) is 0 Å². The van der Waals surface area contributed by atoms with Gasteiger partial charge in [-0.15, -0.1) is 6.58 Å². The standard InChI is InChI=1S/C25H40O6/c1-8-24(6)12-9-16(13-17(24)15(2)3)25(7)19(30-25)10-11-23(4,5)31-22-21(28)20(27)18(26)14-29-22/h8,10-11,16-22,26-28H,1-2,9,12-14H2,3-7H3/b11-10+/t16-,17-,18-,19-,20-,21+,22+,24+,25-/m1/s1. The number of aliphatic hydroxyl groups is 3. The molecule has 2 aliphatic heterocycles. The smallest absolute Gasteiger partial charge is 0.187 e. The molecule has 31 heavy (non-hydrogen) atoms. The van der Waals surface area contributed by atoms with Gasteiger partial charge < -0.3 is 29.5 Å². The van der Waals surface area contributed by atoms with Crippen LogP contribution in [0, 0.1) is 17.3 Å². The fourth-order valence-corrected chi connectivity index (χ4v) is 5.20. The normalized spacial score (nSPS) is 46.1. The lowest BCUT2D eigenvalue weighted by Crippen LogP contribution is -2.55. The van der Waals surface area contributed by atoms with Crippen LogP contribution >= 0.6 is 0 Å². The Hall–Kier alpha value is -1.02. The molecule has 0 aromatic rings. The molecule has 1 aliphatic carbocycles. The second kappa shape index (κ2) is 8.73. The average Bonchev–Trinajstić information content (AvgIpc) is 3.38. The van der Waals surface area contributed by atoms with Gasteiger partial charge in [0.2, 0.25) is 0 Å². The van der Waals surface area contributed by atoms with Crippen molar-refractivity contribution in [3.63, 3.8) is 0 Å². The van der Waals surface area contributed by atoms with Crippen molar-refractivity contribution >= 4 is 0 Å². The SMILES string of the molecule is C=C[C@@]1(C)CC[C@@H]([C@@]2(C)O[C@@H]2/C=C/C(C)(C)O[C@@H]2OC[C@@H](O)[C@@H](O)[C@@H]2O)C[C@@H]1C(=C)C.